The van der Waals surface area contributed by atoms with Crippen LogP contribution >= 0.6 is 0 Å². The molecule has 2 heterocycles. The van der Waals surface area contributed by atoms with Gasteiger partial charge in [0.15, 0.2) is 5.67 Å². The van der Waals surface area contributed by atoms with Crippen LogP contribution in [0.2, 0.25) is 0 Å². The van der Waals surface area contributed by atoms with E-state index < -0.39 is 23.5 Å². The third-order valence-corrected chi connectivity index (χ3v) is 4.72. The van der Waals surface area contributed by atoms with Gasteiger partial charge >= 0.3 is 12.0 Å². The van der Waals surface area contributed by atoms with Crippen molar-refractivity contribution in [3.63, 3.8) is 0 Å². The second-order valence-corrected chi connectivity index (χ2v) is 6.80. The number of carbonyl (C=O) groups excluding carboxylic acids is 2. The van der Waals surface area contributed by atoms with Gasteiger partial charge in [0, 0.05) is 26.2 Å². The monoisotopic (exact) mass is 377 g/mol. The van der Waals surface area contributed by atoms with Crippen molar-refractivity contribution in [1.82, 2.24) is 9.47 Å². The largest absolute Gasteiger partial charge is 0.464 e. The van der Waals surface area contributed by atoms with Crippen LogP contribution in [0, 0.1) is 12.7 Å². The molecule has 144 valence electrons. The number of methoxy groups -OCH3 is 1. The summed E-state index contributed by atoms with van der Waals surface area (Å²) in [6.07, 6.45) is 1.66. The molecule has 1 aromatic heterocycles. The Balaban J connectivity index is 1.71. The fourth-order valence-corrected chi connectivity index (χ4v) is 3.32. The Morgan fingerprint density at radius 3 is 2.67 bits per heavy atom. The molecule has 1 aliphatic heterocycles. The number of rotatable bonds is 3. The van der Waals surface area contributed by atoms with Gasteiger partial charge in [-0.1, -0.05) is 6.07 Å². The molecule has 1 fully saturated rings. The van der Waals surface area contributed by atoms with Crippen LogP contribution in [-0.2, 0) is 17.5 Å². The molecule has 1 unspecified atom stereocenters. The van der Waals surface area contributed by atoms with Gasteiger partial charge < -0.3 is 19.5 Å². The molecule has 1 N–H and O–H groups in total. The second-order valence-electron chi connectivity index (χ2n) is 6.80. The van der Waals surface area contributed by atoms with Gasteiger partial charge in [-0.3, -0.25) is 0 Å². The molecule has 2 amide bonds. The molecule has 0 bridgehead atoms. The first-order valence-corrected chi connectivity index (χ1v) is 8.49. The molecule has 0 aliphatic carbocycles. The number of amides is 2. The van der Waals surface area contributed by atoms with Crippen LogP contribution in [0.25, 0.3) is 0 Å². The van der Waals surface area contributed by atoms with Crippen molar-refractivity contribution < 1.29 is 23.1 Å². The van der Waals surface area contributed by atoms with E-state index in [4.69, 9.17) is 0 Å². The molecule has 8 heteroatoms. The van der Waals surface area contributed by atoms with Crippen LogP contribution < -0.4 is 5.32 Å². The van der Waals surface area contributed by atoms with Gasteiger partial charge in [-0.05, 0) is 36.2 Å². The summed E-state index contributed by atoms with van der Waals surface area (Å²) in [7, 11) is 2.92. The summed E-state index contributed by atoms with van der Waals surface area (Å²) in [5.74, 6) is -1.02. The number of likely N-dealkylation sites (tertiary alicyclic amines) is 1. The number of urea groups is 1. The molecule has 2 aromatic rings. The van der Waals surface area contributed by atoms with Crippen LogP contribution in [0.3, 0.4) is 0 Å². The molecule has 6 nitrogen and oxygen atoms in total. The van der Waals surface area contributed by atoms with E-state index in [0.29, 0.717) is 11.3 Å². The fraction of sp³-hybridized carbons (Fsp3) is 0.368. The van der Waals surface area contributed by atoms with E-state index in [0.717, 1.165) is 0 Å². The summed E-state index contributed by atoms with van der Waals surface area (Å²) in [6, 6.07) is 5.11. The van der Waals surface area contributed by atoms with Crippen molar-refractivity contribution in [2.75, 3.05) is 25.5 Å². The van der Waals surface area contributed by atoms with Gasteiger partial charge in [-0.2, -0.15) is 0 Å². The quantitative estimate of drug-likeness (QED) is 0.835. The van der Waals surface area contributed by atoms with Crippen molar-refractivity contribution in [2.24, 2.45) is 7.05 Å². The minimum absolute atomic E-state index is 0.0888. The van der Waals surface area contributed by atoms with Crippen molar-refractivity contribution in [1.29, 1.82) is 0 Å². The van der Waals surface area contributed by atoms with E-state index in [-0.39, 0.29) is 30.8 Å². The molecule has 1 atom stereocenters. The molecular formula is C19H21F2N3O3. The number of anilines is 1. The maximum Gasteiger partial charge on any atom is 0.354 e. The first-order valence-electron chi connectivity index (χ1n) is 8.49. The van der Waals surface area contributed by atoms with Gasteiger partial charge in [0.2, 0.25) is 0 Å². The SMILES string of the molecule is COC(=O)c1cc(NC(=O)N2CCC(F)(c3cc(C)cc(F)c3)C2)cn1C. The number of carbonyl (C=O) groups is 2. The third-order valence-electron chi connectivity index (χ3n) is 4.72. The number of nitrogens with one attached hydrogen (secondary N) is 1. The maximum absolute atomic E-state index is 15.3. The predicted molar refractivity (Wildman–Crippen MR) is 95.9 cm³/mol. The van der Waals surface area contributed by atoms with Crippen LogP contribution in [0.1, 0.15) is 28.0 Å². The Morgan fingerprint density at radius 2 is 2.00 bits per heavy atom. The zero-order valence-electron chi connectivity index (χ0n) is 15.4. The van der Waals surface area contributed by atoms with Crippen molar-refractivity contribution in [3.8, 4) is 0 Å². The Hall–Kier alpha value is -2.90. The van der Waals surface area contributed by atoms with Gasteiger partial charge in [0.05, 0.1) is 19.3 Å². The highest BCUT2D eigenvalue weighted by molar-refractivity contribution is 5.93. The third kappa shape index (κ3) is 3.79. The summed E-state index contributed by atoms with van der Waals surface area (Å²) < 4.78 is 35.1. The van der Waals surface area contributed by atoms with E-state index in [2.05, 4.69) is 10.1 Å². The molecule has 1 saturated heterocycles. The number of ether oxygens (including phenoxy) is 1. The van der Waals surface area contributed by atoms with Gasteiger partial charge in [0.1, 0.15) is 11.5 Å². The normalized spacial score (nSPS) is 19.2. The first kappa shape index (κ1) is 18.9. The number of aromatic nitrogens is 1. The zero-order valence-corrected chi connectivity index (χ0v) is 15.4. The highest BCUT2D eigenvalue weighted by Crippen LogP contribution is 2.37. The Morgan fingerprint density at radius 1 is 1.26 bits per heavy atom. The summed E-state index contributed by atoms with van der Waals surface area (Å²) in [4.78, 5) is 25.5. The molecule has 0 saturated carbocycles. The molecule has 3 rings (SSSR count). The minimum atomic E-state index is -1.79. The number of hydrogen-bond acceptors (Lipinski definition) is 3. The summed E-state index contributed by atoms with van der Waals surface area (Å²) in [6.45, 7) is 1.73. The molecule has 1 aliphatic rings. The number of esters is 1. The van der Waals surface area contributed by atoms with E-state index in [1.54, 1.807) is 26.2 Å². The number of nitrogens with zero attached hydrogens (tertiary/aromatic N) is 2. The van der Waals surface area contributed by atoms with Gasteiger partial charge in [-0.15, -0.1) is 0 Å². The number of benzene rings is 1. The van der Waals surface area contributed by atoms with E-state index in [1.165, 1.54) is 34.8 Å². The Bertz CT molecular complexity index is 876. The van der Waals surface area contributed by atoms with E-state index in [9.17, 15) is 14.0 Å². The highest BCUT2D eigenvalue weighted by Gasteiger charge is 2.42. The average molecular weight is 377 g/mol. The lowest BCUT2D eigenvalue weighted by atomic mass is 9.93. The van der Waals surface area contributed by atoms with Crippen LogP contribution in [0.15, 0.2) is 30.5 Å². The smallest absolute Gasteiger partial charge is 0.354 e. The Kier molecular flexibility index (Phi) is 4.91. The van der Waals surface area contributed by atoms with Crippen molar-refractivity contribution in [2.45, 2.75) is 19.0 Å². The van der Waals surface area contributed by atoms with Crippen LogP contribution in [0.5, 0.6) is 0 Å². The van der Waals surface area contributed by atoms with Crippen LogP contribution in [0.4, 0.5) is 19.3 Å². The van der Waals surface area contributed by atoms with Gasteiger partial charge in [-0.25, -0.2) is 18.4 Å². The number of aryl methyl sites for hydroxylation is 2. The zero-order chi connectivity index (χ0) is 19.8. The number of halogens is 2. The fourth-order valence-electron chi connectivity index (χ4n) is 3.32. The number of alkyl halides is 1. The summed E-state index contributed by atoms with van der Waals surface area (Å²) >= 11 is 0. The number of hydrogen-bond donors (Lipinski definition) is 1. The molecule has 0 spiro atoms. The first-order chi connectivity index (χ1) is 12.7. The van der Waals surface area contributed by atoms with Crippen molar-refractivity contribution >= 4 is 17.7 Å². The molecule has 27 heavy (non-hydrogen) atoms. The lowest BCUT2D eigenvalue weighted by Gasteiger charge is -2.22. The lowest BCUT2D eigenvalue weighted by molar-refractivity contribution is 0.0590. The molecule has 0 radical (unpaired) electrons. The predicted octanol–water partition coefficient (Wildman–Crippen LogP) is 3.36. The minimum Gasteiger partial charge on any atom is -0.464 e. The topological polar surface area (TPSA) is 63.6 Å². The molecule has 1 aromatic carbocycles. The standard InChI is InChI=1S/C19H21F2N3O3/c1-12-6-13(8-14(20)7-12)19(21)4-5-24(11-19)18(26)22-15-9-16(17(25)27-3)23(2)10-15/h6-10H,4-5,11H2,1-3H3,(H,22,26). The maximum atomic E-state index is 15.3. The van der Waals surface area contributed by atoms with Crippen LogP contribution in [-0.4, -0.2) is 41.7 Å². The summed E-state index contributed by atoms with van der Waals surface area (Å²) in [5.41, 5.74) is -0.240. The lowest BCUT2D eigenvalue weighted by Crippen LogP contribution is -2.35. The Labute approximate surface area is 155 Å². The van der Waals surface area contributed by atoms with Crippen molar-refractivity contribution in [3.05, 3.63) is 53.1 Å². The average Bonchev–Trinajstić information content (AvgIpc) is 3.17. The van der Waals surface area contributed by atoms with E-state index >= 15 is 4.39 Å². The molecular weight excluding hydrogens is 356 g/mol. The van der Waals surface area contributed by atoms with Gasteiger partial charge in [0.25, 0.3) is 0 Å². The summed E-state index contributed by atoms with van der Waals surface area (Å²) in [5, 5.41) is 2.65. The van der Waals surface area contributed by atoms with E-state index in [1.807, 2.05) is 0 Å². The highest BCUT2D eigenvalue weighted by atomic mass is 19.1. The second kappa shape index (κ2) is 7.02.